The molecule has 152 valence electrons. The lowest BCUT2D eigenvalue weighted by Crippen LogP contribution is -2.49. The summed E-state index contributed by atoms with van der Waals surface area (Å²) in [5, 5.41) is 0. The third-order valence-corrected chi connectivity index (χ3v) is 6.42. The van der Waals surface area contributed by atoms with Crippen molar-refractivity contribution in [3.63, 3.8) is 0 Å². The molecule has 27 heavy (non-hydrogen) atoms. The maximum atomic E-state index is 11.1. The second-order valence-corrected chi connectivity index (χ2v) is 9.20. The molecule has 0 radical (unpaired) electrons. The molecule has 0 spiro atoms. The van der Waals surface area contributed by atoms with Gasteiger partial charge in [0.25, 0.3) is 0 Å². The third-order valence-electron chi connectivity index (χ3n) is 6.42. The standard InChI is InChI=1S/C22H35N3O.ClH/c1-22(2,3)18-10-8-17(9-11-18)19-6-4-5-7-20(19)25-14-12-24(13-15-25)16-21(23)26;/h4-7,17-18H,8-16H2,1-3H3,(H2,23,26);1H. The number of benzene rings is 1. The monoisotopic (exact) mass is 393 g/mol. The molecule has 1 aliphatic heterocycles. The van der Waals surface area contributed by atoms with Crippen LogP contribution in [-0.2, 0) is 4.79 Å². The zero-order valence-electron chi connectivity index (χ0n) is 17.1. The number of amides is 1. The van der Waals surface area contributed by atoms with Gasteiger partial charge in [-0.1, -0.05) is 39.0 Å². The van der Waals surface area contributed by atoms with E-state index in [0.717, 1.165) is 32.1 Å². The van der Waals surface area contributed by atoms with E-state index >= 15 is 0 Å². The van der Waals surface area contributed by atoms with Crippen LogP contribution < -0.4 is 10.6 Å². The fourth-order valence-corrected chi connectivity index (χ4v) is 4.76. The van der Waals surface area contributed by atoms with Crippen LogP contribution in [0.5, 0.6) is 0 Å². The third kappa shape index (κ3) is 5.61. The first-order chi connectivity index (χ1) is 12.3. The molecule has 1 saturated carbocycles. The Kier molecular flexibility index (Phi) is 7.58. The van der Waals surface area contributed by atoms with Gasteiger partial charge in [0.1, 0.15) is 0 Å². The molecule has 1 aliphatic carbocycles. The van der Waals surface area contributed by atoms with Gasteiger partial charge in [0.05, 0.1) is 6.54 Å². The summed E-state index contributed by atoms with van der Waals surface area (Å²) in [6.45, 7) is 11.3. The van der Waals surface area contributed by atoms with Crippen LogP contribution in [0.4, 0.5) is 5.69 Å². The fraction of sp³-hybridized carbons (Fsp3) is 0.682. The summed E-state index contributed by atoms with van der Waals surface area (Å²) in [7, 11) is 0. The Morgan fingerprint density at radius 2 is 1.63 bits per heavy atom. The minimum atomic E-state index is -0.227. The van der Waals surface area contributed by atoms with Gasteiger partial charge in [0.15, 0.2) is 0 Å². The van der Waals surface area contributed by atoms with E-state index in [1.807, 2.05) is 0 Å². The molecule has 0 bridgehead atoms. The number of nitrogens with zero attached hydrogens (tertiary/aromatic N) is 2. The molecule has 3 rings (SSSR count). The summed E-state index contributed by atoms with van der Waals surface area (Å²) in [6.07, 6.45) is 5.30. The molecular weight excluding hydrogens is 358 g/mol. The SMILES string of the molecule is CC(C)(C)C1CCC(c2ccccc2N2CCN(CC(N)=O)CC2)CC1.Cl. The van der Waals surface area contributed by atoms with Crippen LogP contribution in [-0.4, -0.2) is 43.5 Å². The van der Waals surface area contributed by atoms with Gasteiger partial charge in [0.2, 0.25) is 5.91 Å². The number of anilines is 1. The van der Waals surface area contributed by atoms with E-state index in [9.17, 15) is 4.79 Å². The van der Waals surface area contributed by atoms with Crippen LogP contribution in [0.15, 0.2) is 24.3 Å². The molecule has 5 heteroatoms. The van der Waals surface area contributed by atoms with Crippen LogP contribution in [0.25, 0.3) is 0 Å². The molecule has 0 atom stereocenters. The molecule has 1 saturated heterocycles. The van der Waals surface area contributed by atoms with E-state index < -0.39 is 0 Å². The van der Waals surface area contributed by atoms with Gasteiger partial charge in [-0.3, -0.25) is 9.69 Å². The predicted molar refractivity (Wildman–Crippen MR) is 116 cm³/mol. The minimum absolute atomic E-state index is 0. The van der Waals surface area contributed by atoms with E-state index in [2.05, 4.69) is 54.8 Å². The normalized spacial score (nSPS) is 24.3. The highest BCUT2D eigenvalue weighted by Crippen LogP contribution is 2.45. The maximum Gasteiger partial charge on any atom is 0.231 e. The van der Waals surface area contributed by atoms with Crippen molar-refractivity contribution in [3.8, 4) is 0 Å². The highest BCUT2D eigenvalue weighted by molar-refractivity contribution is 5.85. The first-order valence-corrected chi connectivity index (χ1v) is 10.2. The molecule has 1 aromatic rings. The van der Waals surface area contributed by atoms with Crippen molar-refractivity contribution in [1.29, 1.82) is 0 Å². The zero-order chi connectivity index (χ0) is 18.7. The van der Waals surface area contributed by atoms with Crippen molar-refractivity contribution < 1.29 is 4.79 Å². The molecule has 2 aliphatic rings. The second kappa shape index (κ2) is 9.29. The summed E-state index contributed by atoms with van der Waals surface area (Å²) in [5.41, 5.74) is 8.71. The maximum absolute atomic E-state index is 11.1. The zero-order valence-corrected chi connectivity index (χ0v) is 17.9. The van der Waals surface area contributed by atoms with Crippen LogP contribution in [0.1, 0.15) is 57.9 Å². The van der Waals surface area contributed by atoms with Gasteiger partial charge in [-0.25, -0.2) is 0 Å². The van der Waals surface area contributed by atoms with E-state index in [-0.39, 0.29) is 18.3 Å². The molecule has 1 heterocycles. The van der Waals surface area contributed by atoms with Gasteiger partial charge in [-0.15, -0.1) is 12.4 Å². The number of hydrogen-bond acceptors (Lipinski definition) is 3. The predicted octanol–water partition coefficient (Wildman–Crippen LogP) is 4.04. The first kappa shape index (κ1) is 22.0. The van der Waals surface area contributed by atoms with Gasteiger partial charge in [0, 0.05) is 31.9 Å². The number of halogens is 1. The van der Waals surface area contributed by atoms with E-state index in [4.69, 9.17) is 5.73 Å². The van der Waals surface area contributed by atoms with Gasteiger partial charge >= 0.3 is 0 Å². The van der Waals surface area contributed by atoms with Crippen molar-refractivity contribution in [2.75, 3.05) is 37.6 Å². The highest BCUT2D eigenvalue weighted by atomic mass is 35.5. The van der Waals surface area contributed by atoms with Gasteiger partial charge in [-0.2, -0.15) is 0 Å². The second-order valence-electron chi connectivity index (χ2n) is 9.20. The van der Waals surface area contributed by atoms with Crippen LogP contribution in [0.3, 0.4) is 0 Å². The number of primary amides is 1. The molecule has 2 N–H and O–H groups in total. The average Bonchev–Trinajstić information content (AvgIpc) is 2.61. The molecule has 1 aromatic carbocycles. The number of hydrogen-bond donors (Lipinski definition) is 1. The molecule has 2 fully saturated rings. The van der Waals surface area contributed by atoms with E-state index in [1.165, 1.54) is 36.9 Å². The number of carbonyl (C=O) groups excluding carboxylic acids is 1. The molecule has 1 amide bonds. The number of para-hydroxylation sites is 1. The van der Waals surface area contributed by atoms with Crippen LogP contribution in [0.2, 0.25) is 0 Å². The summed E-state index contributed by atoms with van der Waals surface area (Å²) < 4.78 is 0. The van der Waals surface area contributed by atoms with Crippen LogP contribution in [0, 0.1) is 11.3 Å². The highest BCUT2D eigenvalue weighted by Gasteiger charge is 2.31. The summed E-state index contributed by atoms with van der Waals surface area (Å²) in [6, 6.07) is 8.98. The lowest BCUT2D eigenvalue weighted by atomic mass is 9.68. The Bertz CT molecular complexity index is 612. The van der Waals surface area contributed by atoms with E-state index in [0.29, 0.717) is 17.9 Å². The lowest BCUT2D eigenvalue weighted by Gasteiger charge is -2.40. The largest absolute Gasteiger partial charge is 0.369 e. The topological polar surface area (TPSA) is 49.6 Å². The Morgan fingerprint density at radius 3 is 2.19 bits per heavy atom. The number of carbonyl (C=O) groups is 1. The van der Waals surface area contributed by atoms with Crippen molar-refractivity contribution in [2.45, 2.75) is 52.4 Å². The minimum Gasteiger partial charge on any atom is -0.369 e. The van der Waals surface area contributed by atoms with Gasteiger partial charge in [-0.05, 0) is 54.6 Å². The van der Waals surface area contributed by atoms with E-state index in [1.54, 1.807) is 0 Å². The first-order valence-electron chi connectivity index (χ1n) is 10.2. The summed E-state index contributed by atoms with van der Waals surface area (Å²) >= 11 is 0. The molecule has 0 aromatic heterocycles. The lowest BCUT2D eigenvalue weighted by molar-refractivity contribution is -0.119. The molecular formula is C22H36ClN3O. The average molecular weight is 394 g/mol. The Morgan fingerprint density at radius 1 is 1.04 bits per heavy atom. The Labute approximate surface area is 170 Å². The van der Waals surface area contributed by atoms with Crippen molar-refractivity contribution in [2.24, 2.45) is 17.1 Å². The summed E-state index contributed by atoms with van der Waals surface area (Å²) in [4.78, 5) is 15.8. The van der Waals surface area contributed by atoms with Crippen molar-refractivity contribution >= 4 is 24.0 Å². The Balaban J connectivity index is 0.00000261. The van der Waals surface area contributed by atoms with Crippen molar-refractivity contribution in [1.82, 2.24) is 4.90 Å². The number of piperazine rings is 1. The molecule has 0 unspecified atom stereocenters. The van der Waals surface area contributed by atoms with Crippen LogP contribution >= 0.6 is 12.4 Å². The fourth-order valence-electron chi connectivity index (χ4n) is 4.76. The number of nitrogens with two attached hydrogens (primary N) is 1. The Hall–Kier alpha value is -1.26. The van der Waals surface area contributed by atoms with Gasteiger partial charge < -0.3 is 10.6 Å². The molecule has 4 nitrogen and oxygen atoms in total. The smallest absolute Gasteiger partial charge is 0.231 e. The van der Waals surface area contributed by atoms with Crippen molar-refractivity contribution in [3.05, 3.63) is 29.8 Å². The quantitative estimate of drug-likeness (QED) is 0.839. The number of rotatable bonds is 4. The summed E-state index contributed by atoms with van der Waals surface area (Å²) in [5.74, 6) is 1.31.